The van der Waals surface area contributed by atoms with Gasteiger partial charge in [0.05, 0.1) is 4.88 Å². The van der Waals surface area contributed by atoms with Crippen LogP contribution in [0.5, 0.6) is 0 Å². The fraction of sp³-hybridized carbons (Fsp3) is 0.583. The van der Waals surface area contributed by atoms with Crippen molar-refractivity contribution in [3.05, 3.63) is 22.4 Å². The Morgan fingerprint density at radius 3 is 2.71 bits per heavy atom. The molecule has 14 heavy (non-hydrogen) atoms. The highest BCUT2D eigenvalue weighted by Gasteiger charge is 2.39. The van der Waals surface area contributed by atoms with Crippen LogP contribution in [0.4, 0.5) is 0 Å². The van der Waals surface area contributed by atoms with Gasteiger partial charge in [0.15, 0.2) is 5.78 Å². The van der Waals surface area contributed by atoms with Gasteiger partial charge < -0.3 is 0 Å². The smallest absolute Gasteiger partial charge is 0.178 e. The van der Waals surface area contributed by atoms with Gasteiger partial charge in [0.1, 0.15) is 0 Å². The van der Waals surface area contributed by atoms with E-state index >= 15 is 0 Å². The number of Topliss-reactive ketones (excluding diaryl/α,β-unsaturated/α-hetero) is 1. The first-order valence-corrected chi connectivity index (χ1v) is 6.25. The lowest BCUT2D eigenvalue weighted by molar-refractivity contribution is 0.0796. The van der Waals surface area contributed by atoms with Crippen LogP contribution in [-0.4, -0.2) is 5.78 Å². The molecule has 0 unspecified atom stereocenters. The zero-order chi connectivity index (χ0) is 10.0. The molecule has 0 amide bonds. The third-order valence-electron chi connectivity index (χ3n) is 3.46. The first kappa shape index (κ1) is 9.91. The van der Waals surface area contributed by atoms with Crippen molar-refractivity contribution in [2.24, 2.45) is 5.41 Å². The first-order valence-electron chi connectivity index (χ1n) is 5.37. The van der Waals surface area contributed by atoms with Crippen molar-refractivity contribution in [1.29, 1.82) is 0 Å². The maximum atomic E-state index is 12.3. The summed E-state index contributed by atoms with van der Waals surface area (Å²) < 4.78 is 0. The molecular weight excluding hydrogens is 192 g/mol. The SMILES string of the molecule is CCC1(C(=O)c2cccs2)CCCC1. The lowest BCUT2D eigenvalue weighted by Crippen LogP contribution is -2.26. The van der Waals surface area contributed by atoms with Crippen LogP contribution >= 0.6 is 11.3 Å². The molecule has 0 bridgehead atoms. The average Bonchev–Trinajstić information content (AvgIpc) is 2.89. The summed E-state index contributed by atoms with van der Waals surface area (Å²) >= 11 is 1.58. The molecule has 2 heteroatoms. The molecule has 1 heterocycles. The summed E-state index contributed by atoms with van der Waals surface area (Å²) in [6.45, 7) is 2.15. The van der Waals surface area contributed by atoms with Gasteiger partial charge >= 0.3 is 0 Å². The molecule has 1 aromatic rings. The van der Waals surface area contributed by atoms with Gasteiger partial charge in [-0.05, 0) is 30.7 Å². The molecule has 76 valence electrons. The van der Waals surface area contributed by atoms with Crippen LogP contribution in [0.2, 0.25) is 0 Å². The Balaban J connectivity index is 2.24. The summed E-state index contributed by atoms with van der Waals surface area (Å²) in [4.78, 5) is 13.2. The van der Waals surface area contributed by atoms with Gasteiger partial charge in [0.2, 0.25) is 0 Å². The molecule has 1 nitrogen and oxygen atoms in total. The molecule has 0 spiro atoms. The average molecular weight is 208 g/mol. The van der Waals surface area contributed by atoms with E-state index < -0.39 is 0 Å². The monoisotopic (exact) mass is 208 g/mol. The summed E-state index contributed by atoms with van der Waals surface area (Å²) in [5, 5.41) is 1.99. The second-order valence-corrected chi connectivity index (χ2v) is 5.10. The molecule has 1 aromatic heterocycles. The number of rotatable bonds is 3. The maximum absolute atomic E-state index is 12.3. The molecule has 1 fully saturated rings. The van der Waals surface area contributed by atoms with E-state index in [0.717, 1.165) is 24.1 Å². The van der Waals surface area contributed by atoms with E-state index in [1.54, 1.807) is 11.3 Å². The van der Waals surface area contributed by atoms with Crippen LogP contribution in [0.25, 0.3) is 0 Å². The highest BCUT2D eigenvalue weighted by atomic mass is 32.1. The molecule has 0 aromatic carbocycles. The minimum absolute atomic E-state index is 0.00907. The number of thiophene rings is 1. The van der Waals surface area contributed by atoms with Gasteiger partial charge in [-0.3, -0.25) is 4.79 Å². The van der Waals surface area contributed by atoms with Crippen molar-refractivity contribution >= 4 is 17.1 Å². The molecule has 0 saturated heterocycles. The number of ketones is 1. The zero-order valence-corrected chi connectivity index (χ0v) is 9.40. The summed E-state index contributed by atoms with van der Waals surface area (Å²) in [7, 11) is 0. The molecule has 1 saturated carbocycles. The third-order valence-corrected chi connectivity index (χ3v) is 4.33. The summed E-state index contributed by atoms with van der Waals surface area (Å²) in [5.41, 5.74) is -0.00907. The normalized spacial score (nSPS) is 19.8. The van der Waals surface area contributed by atoms with E-state index in [9.17, 15) is 4.79 Å². The molecular formula is C12H16OS. The maximum Gasteiger partial charge on any atom is 0.178 e. The minimum Gasteiger partial charge on any atom is -0.293 e. The van der Waals surface area contributed by atoms with Crippen molar-refractivity contribution in [1.82, 2.24) is 0 Å². The van der Waals surface area contributed by atoms with E-state index in [0.29, 0.717) is 5.78 Å². The van der Waals surface area contributed by atoms with Gasteiger partial charge in [0.25, 0.3) is 0 Å². The van der Waals surface area contributed by atoms with Crippen LogP contribution in [0.3, 0.4) is 0 Å². The Hall–Kier alpha value is -0.630. The molecule has 0 aliphatic heterocycles. The Kier molecular flexibility index (Phi) is 2.73. The van der Waals surface area contributed by atoms with Gasteiger partial charge in [-0.15, -0.1) is 11.3 Å². The molecule has 1 aliphatic carbocycles. The van der Waals surface area contributed by atoms with Crippen molar-refractivity contribution in [3.63, 3.8) is 0 Å². The van der Waals surface area contributed by atoms with Crippen LogP contribution in [0, 0.1) is 5.41 Å². The van der Waals surface area contributed by atoms with Crippen molar-refractivity contribution in [2.45, 2.75) is 39.0 Å². The molecule has 0 N–H and O–H groups in total. The van der Waals surface area contributed by atoms with E-state index in [4.69, 9.17) is 0 Å². The third kappa shape index (κ3) is 1.52. The summed E-state index contributed by atoms with van der Waals surface area (Å²) in [5.74, 6) is 0.396. The van der Waals surface area contributed by atoms with Gasteiger partial charge in [-0.1, -0.05) is 25.8 Å². The predicted octanol–water partition coefficient (Wildman–Crippen LogP) is 3.90. The van der Waals surface area contributed by atoms with E-state index in [2.05, 4.69) is 6.92 Å². The fourth-order valence-corrected chi connectivity index (χ4v) is 3.25. The highest BCUT2D eigenvalue weighted by Crippen LogP contribution is 2.44. The van der Waals surface area contributed by atoms with Crippen molar-refractivity contribution in [2.75, 3.05) is 0 Å². The van der Waals surface area contributed by atoms with Crippen molar-refractivity contribution < 1.29 is 4.79 Å². The van der Waals surface area contributed by atoms with Crippen LogP contribution in [-0.2, 0) is 0 Å². The first-order chi connectivity index (χ1) is 6.78. The standard InChI is InChI=1S/C12H16OS/c1-2-12(7-3-4-8-12)11(13)10-6-5-9-14-10/h5-6,9H,2-4,7-8H2,1H3. The molecule has 0 atom stereocenters. The summed E-state index contributed by atoms with van der Waals surface area (Å²) in [6, 6.07) is 3.93. The van der Waals surface area contributed by atoms with Crippen molar-refractivity contribution in [3.8, 4) is 0 Å². The topological polar surface area (TPSA) is 17.1 Å². The fourth-order valence-electron chi connectivity index (χ4n) is 2.46. The summed E-state index contributed by atoms with van der Waals surface area (Å²) in [6.07, 6.45) is 5.65. The Morgan fingerprint density at radius 1 is 1.50 bits per heavy atom. The second kappa shape index (κ2) is 3.85. The largest absolute Gasteiger partial charge is 0.293 e. The number of carbonyl (C=O) groups excluding carboxylic acids is 1. The lowest BCUT2D eigenvalue weighted by atomic mass is 9.78. The molecule has 2 rings (SSSR count). The van der Waals surface area contributed by atoms with E-state index in [-0.39, 0.29) is 5.41 Å². The lowest BCUT2D eigenvalue weighted by Gasteiger charge is -2.24. The number of hydrogen-bond acceptors (Lipinski definition) is 2. The van der Waals surface area contributed by atoms with Gasteiger partial charge in [-0.2, -0.15) is 0 Å². The van der Waals surface area contributed by atoms with E-state index in [1.165, 1.54) is 12.8 Å². The molecule has 1 aliphatic rings. The number of carbonyl (C=O) groups is 1. The Labute approximate surface area is 89.1 Å². The van der Waals surface area contributed by atoms with Crippen LogP contribution in [0.1, 0.15) is 48.7 Å². The predicted molar refractivity (Wildman–Crippen MR) is 59.8 cm³/mol. The minimum atomic E-state index is -0.00907. The van der Waals surface area contributed by atoms with E-state index in [1.807, 2.05) is 17.5 Å². The Bertz CT molecular complexity index is 307. The van der Waals surface area contributed by atoms with Gasteiger partial charge in [0, 0.05) is 5.41 Å². The highest BCUT2D eigenvalue weighted by molar-refractivity contribution is 7.12. The molecule has 0 radical (unpaired) electrons. The number of hydrogen-bond donors (Lipinski definition) is 0. The zero-order valence-electron chi connectivity index (χ0n) is 8.58. The second-order valence-electron chi connectivity index (χ2n) is 4.15. The van der Waals surface area contributed by atoms with Crippen LogP contribution in [0.15, 0.2) is 17.5 Å². The quantitative estimate of drug-likeness (QED) is 0.688. The van der Waals surface area contributed by atoms with Gasteiger partial charge in [-0.25, -0.2) is 0 Å². The van der Waals surface area contributed by atoms with Crippen LogP contribution < -0.4 is 0 Å². The Morgan fingerprint density at radius 2 is 2.21 bits per heavy atom.